The van der Waals surface area contributed by atoms with Crippen molar-refractivity contribution in [3.8, 4) is 23.0 Å². The number of fused-ring (bicyclic) bond motifs is 1. The Morgan fingerprint density at radius 2 is 1.93 bits per heavy atom. The lowest BCUT2D eigenvalue weighted by molar-refractivity contribution is 0.00326. The molecule has 0 amide bonds. The van der Waals surface area contributed by atoms with Crippen LogP contribution in [0, 0.1) is 5.82 Å². The fraction of sp³-hybridized carbons (Fsp3) is 0.150. The minimum absolute atomic E-state index is 0.170. The Bertz CT molecular complexity index is 1140. The molecule has 2 aromatic heterocycles. The van der Waals surface area contributed by atoms with Gasteiger partial charge < -0.3 is 13.8 Å². The third kappa shape index (κ3) is 2.98. The van der Waals surface area contributed by atoms with E-state index in [9.17, 15) is 4.39 Å². The summed E-state index contributed by atoms with van der Waals surface area (Å²) in [6.45, 7) is 0.903. The summed E-state index contributed by atoms with van der Waals surface area (Å²) < 4.78 is 26.5. The molecule has 4 aromatic rings. The highest BCUT2D eigenvalue weighted by Crippen LogP contribution is 2.32. The SMILES string of the molecule is Fc1ccc(C2Cn3cnc(-c4nc(-c5ccccc5Cl)no4)c3CO2)cc1. The second-order valence-corrected chi connectivity index (χ2v) is 6.85. The molecular formula is C20H14ClFN4O2. The Morgan fingerprint density at radius 3 is 2.75 bits per heavy atom. The molecule has 0 aliphatic carbocycles. The summed E-state index contributed by atoms with van der Waals surface area (Å²) in [4.78, 5) is 8.88. The first kappa shape index (κ1) is 17.1. The molecule has 5 rings (SSSR count). The van der Waals surface area contributed by atoms with Crippen LogP contribution in [-0.2, 0) is 17.9 Å². The Hall–Kier alpha value is -3.03. The van der Waals surface area contributed by atoms with Crippen molar-refractivity contribution in [1.82, 2.24) is 19.7 Å². The van der Waals surface area contributed by atoms with Crippen LogP contribution in [0.15, 0.2) is 59.4 Å². The standard InChI is InChI=1S/C20H14ClFN4O2/c21-15-4-2-1-3-14(15)19-24-20(28-25-19)18-16-10-27-17(9-26(16)11-23-18)12-5-7-13(22)8-6-12/h1-8,11,17H,9-10H2. The van der Waals surface area contributed by atoms with Crippen LogP contribution >= 0.6 is 11.6 Å². The molecule has 0 bridgehead atoms. The van der Waals surface area contributed by atoms with Gasteiger partial charge in [0.2, 0.25) is 5.82 Å². The van der Waals surface area contributed by atoms with Crippen molar-refractivity contribution < 1.29 is 13.7 Å². The maximum absolute atomic E-state index is 13.1. The number of ether oxygens (including phenoxy) is 1. The number of imidazole rings is 1. The second kappa shape index (κ2) is 6.85. The van der Waals surface area contributed by atoms with Gasteiger partial charge in [-0.2, -0.15) is 4.98 Å². The summed E-state index contributed by atoms with van der Waals surface area (Å²) in [5, 5.41) is 4.58. The Labute approximate surface area is 164 Å². The highest BCUT2D eigenvalue weighted by molar-refractivity contribution is 6.33. The highest BCUT2D eigenvalue weighted by Gasteiger charge is 2.26. The average Bonchev–Trinajstić information content (AvgIpc) is 3.35. The molecule has 8 heteroatoms. The van der Waals surface area contributed by atoms with Gasteiger partial charge in [0.25, 0.3) is 5.89 Å². The first-order valence-corrected chi connectivity index (χ1v) is 9.07. The molecule has 28 heavy (non-hydrogen) atoms. The fourth-order valence-corrected chi connectivity index (χ4v) is 3.48. The normalized spacial score (nSPS) is 16.1. The van der Waals surface area contributed by atoms with Crippen molar-refractivity contribution in [2.75, 3.05) is 0 Å². The van der Waals surface area contributed by atoms with Crippen LogP contribution in [-0.4, -0.2) is 19.7 Å². The number of rotatable bonds is 3. The summed E-state index contributed by atoms with van der Waals surface area (Å²) in [6, 6.07) is 13.6. The predicted molar refractivity (Wildman–Crippen MR) is 99.9 cm³/mol. The van der Waals surface area contributed by atoms with E-state index in [0.717, 1.165) is 11.3 Å². The van der Waals surface area contributed by atoms with Gasteiger partial charge in [0, 0.05) is 5.56 Å². The largest absolute Gasteiger partial charge is 0.365 e. The number of hydrogen-bond acceptors (Lipinski definition) is 5. The van der Waals surface area contributed by atoms with Crippen molar-refractivity contribution in [1.29, 1.82) is 0 Å². The molecule has 1 aliphatic rings. The minimum Gasteiger partial charge on any atom is -0.365 e. The first-order chi connectivity index (χ1) is 13.7. The van der Waals surface area contributed by atoms with Crippen LogP contribution in [0.2, 0.25) is 5.02 Å². The molecule has 1 atom stereocenters. The van der Waals surface area contributed by atoms with E-state index in [2.05, 4.69) is 15.1 Å². The second-order valence-electron chi connectivity index (χ2n) is 6.45. The highest BCUT2D eigenvalue weighted by atomic mass is 35.5. The van der Waals surface area contributed by atoms with E-state index in [-0.39, 0.29) is 11.9 Å². The molecule has 0 N–H and O–H groups in total. The van der Waals surface area contributed by atoms with Crippen LogP contribution in [0.4, 0.5) is 4.39 Å². The number of halogens is 2. The number of hydrogen-bond donors (Lipinski definition) is 0. The lowest BCUT2D eigenvalue weighted by Crippen LogP contribution is -2.20. The maximum Gasteiger partial charge on any atom is 0.278 e. The Morgan fingerprint density at radius 1 is 1.11 bits per heavy atom. The van der Waals surface area contributed by atoms with Crippen LogP contribution < -0.4 is 0 Å². The molecule has 0 spiro atoms. The van der Waals surface area contributed by atoms with Crippen LogP contribution in [0.1, 0.15) is 17.4 Å². The van der Waals surface area contributed by atoms with Crippen molar-refractivity contribution in [3.63, 3.8) is 0 Å². The Balaban J connectivity index is 1.43. The summed E-state index contributed by atoms with van der Waals surface area (Å²) in [7, 11) is 0. The zero-order valence-electron chi connectivity index (χ0n) is 14.5. The molecule has 0 saturated carbocycles. The fourth-order valence-electron chi connectivity index (χ4n) is 3.26. The molecule has 1 aliphatic heterocycles. The number of nitrogens with zero attached hydrogens (tertiary/aromatic N) is 4. The van der Waals surface area contributed by atoms with E-state index >= 15 is 0 Å². The number of benzene rings is 2. The Kier molecular flexibility index (Phi) is 4.18. The lowest BCUT2D eigenvalue weighted by atomic mass is 10.1. The van der Waals surface area contributed by atoms with Gasteiger partial charge in [-0.3, -0.25) is 0 Å². The van der Waals surface area contributed by atoms with Gasteiger partial charge in [-0.25, -0.2) is 9.37 Å². The van der Waals surface area contributed by atoms with E-state index in [4.69, 9.17) is 20.9 Å². The summed E-state index contributed by atoms with van der Waals surface area (Å²) in [5.41, 5.74) is 3.05. The van der Waals surface area contributed by atoms with Crippen LogP contribution in [0.25, 0.3) is 23.0 Å². The molecule has 2 aromatic carbocycles. The smallest absolute Gasteiger partial charge is 0.278 e. The van der Waals surface area contributed by atoms with Crippen molar-refractivity contribution >= 4 is 11.6 Å². The van der Waals surface area contributed by atoms with Gasteiger partial charge in [-0.15, -0.1) is 0 Å². The maximum atomic E-state index is 13.1. The van der Waals surface area contributed by atoms with Gasteiger partial charge in [0.15, 0.2) is 5.69 Å². The van der Waals surface area contributed by atoms with Crippen molar-refractivity contribution in [2.24, 2.45) is 0 Å². The molecule has 1 unspecified atom stereocenters. The summed E-state index contributed by atoms with van der Waals surface area (Å²) >= 11 is 6.21. The van der Waals surface area contributed by atoms with E-state index < -0.39 is 0 Å². The van der Waals surface area contributed by atoms with E-state index in [0.29, 0.717) is 41.1 Å². The zero-order chi connectivity index (χ0) is 19.1. The van der Waals surface area contributed by atoms with Gasteiger partial charge in [-0.1, -0.05) is 41.0 Å². The van der Waals surface area contributed by atoms with Crippen LogP contribution in [0.3, 0.4) is 0 Å². The zero-order valence-corrected chi connectivity index (χ0v) is 15.3. The van der Waals surface area contributed by atoms with E-state index in [1.165, 1.54) is 12.1 Å². The quantitative estimate of drug-likeness (QED) is 0.503. The first-order valence-electron chi connectivity index (χ1n) is 8.69. The molecule has 3 heterocycles. The molecule has 0 saturated heterocycles. The molecule has 0 fully saturated rings. The van der Waals surface area contributed by atoms with E-state index in [1.54, 1.807) is 24.5 Å². The van der Waals surface area contributed by atoms with Crippen molar-refractivity contribution in [2.45, 2.75) is 19.3 Å². The monoisotopic (exact) mass is 396 g/mol. The van der Waals surface area contributed by atoms with Crippen LogP contribution in [0.5, 0.6) is 0 Å². The molecule has 0 radical (unpaired) electrons. The van der Waals surface area contributed by atoms with Gasteiger partial charge in [0.1, 0.15) is 11.9 Å². The number of aromatic nitrogens is 4. The molecule has 6 nitrogen and oxygen atoms in total. The van der Waals surface area contributed by atoms with Gasteiger partial charge in [-0.05, 0) is 29.8 Å². The predicted octanol–water partition coefficient (Wildman–Crippen LogP) is 4.66. The lowest BCUT2D eigenvalue weighted by Gasteiger charge is -2.25. The topological polar surface area (TPSA) is 66.0 Å². The third-order valence-corrected chi connectivity index (χ3v) is 5.04. The van der Waals surface area contributed by atoms with E-state index in [1.807, 2.05) is 22.8 Å². The summed E-state index contributed by atoms with van der Waals surface area (Å²) in [6.07, 6.45) is 1.56. The van der Waals surface area contributed by atoms with Crippen molar-refractivity contribution in [3.05, 3.63) is 77.0 Å². The van der Waals surface area contributed by atoms with Gasteiger partial charge >= 0.3 is 0 Å². The molecular weight excluding hydrogens is 383 g/mol. The molecule has 140 valence electrons. The van der Waals surface area contributed by atoms with Gasteiger partial charge in [0.05, 0.1) is 30.2 Å². The third-order valence-electron chi connectivity index (χ3n) is 4.72. The summed E-state index contributed by atoms with van der Waals surface area (Å²) in [5.74, 6) is 0.451. The average molecular weight is 397 g/mol. The minimum atomic E-state index is -0.268.